The summed E-state index contributed by atoms with van der Waals surface area (Å²) in [6.45, 7) is 5.26. The molecule has 0 fully saturated rings. The van der Waals surface area contributed by atoms with Gasteiger partial charge in [0.15, 0.2) is 11.5 Å². The minimum absolute atomic E-state index is 0.0161. The summed E-state index contributed by atoms with van der Waals surface area (Å²) < 4.78 is 42.6. The molecule has 0 spiro atoms. The third-order valence-electron chi connectivity index (χ3n) is 5.12. The molecule has 10 heteroatoms. The molecule has 0 saturated carbocycles. The standard InChI is InChI=1S/C25H23ClN2O6S/c1-4-32-23-15-19(9-14-22(23)34-35(30,31)21-12-5-16(2)6-13-21)25-28(17(3)29)27-24(33-25)18-7-10-20(26)11-8-18/h5-15,25H,4H2,1-3H3. The summed E-state index contributed by atoms with van der Waals surface area (Å²) in [7, 11) is -4.08. The Morgan fingerprint density at radius 3 is 2.37 bits per heavy atom. The number of halogens is 1. The summed E-state index contributed by atoms with van der Waals surface area (Å²) in [5.41, 5.74) is 2.10. The molecule has 1 aliphatic rings. The van der Waals surface area contributed by atoms with Crippen LogP contribution < -0.4 is 8.92 Å². The average molecular weight is 515 g/mol. The molecule has 35 heavy (non-hydrogen) atoms. The van der Waals surface area contributed by atoms with Crippen LogP contribution in [0.25, 0.3) is 0 Å². The fourth-order valence-electron chi connectivity index (χ4n) is 3.38. The van der Waals surface area contributed by atoms with Crippen molar-refractivity contribution >= 4 is 33.5 Å². The van der Waals surface area contributed by atoms with Crippen molar-refractivity contribution < 1.29 is 26.9 Å². The molecule has 3 aromatic carbocycles. The first-order chi connectivity index (χ1) is 16.7. The van der Waals surface area contributed by atoms with E-state index in [1.807, 2.05) is 6.92 Å². The van der Waals surface area contributed by atoms with Crippen LogP contribution in [-0.4, -0.2) is 31.8 Å². The summed E-state index contributed by atoms with van der Waals surface area (Å²) in [5, 5.41) is 6.08. The maximum absolute atomic E-state index is 12.8. The number of aryl methyl sites for hydroxylation is 1. The van der Waals surface area contributed by atoms with Gasteiger partial charge < -0.3 is 13.7 Å². The Balaban J connectivity index is 1.64. The smallest absolute Gasteiger partial charge is 0.339 e. The van der Waals surface area contributed by atoms with E-state index in [0.717, 1.165) is 5.56 Å². The predicted molar refractivity (Wildman–Crippen MR) is 131 cm³/mol. The minimum atomic E-state index is -4.08. The van der Waals surface area contributed by atoms with Crippen molar-refractivity contribution in [1.82, 2.24) is 5.01 Å². The van der Waals surface area contributed by atoms with Gasteiger partial charge in [-0.2, -0.15) is 13.4 Å². The number of carbonyl (C=O) groups excluding carboxylic acids is 1. The molecule has 1 aliphatic heterocycles. The van der Waals surface area contributed by atoms with E-state index in [1.54, 1.807) is 55.5 Å². The number of benzene rings is 3. The van der Waals surface area contributed by atoms with Crippen LogP contribution in [-0.2, 0) is 19.6 Å². The highest BCUT2D eigenvalue weighted by Gasteiger charge is 2.34. The van der Waals surface area contributed by atoms with E-state index in [9.17, 15) is 13.2 Å². The second kappa shape index (κ2) is 9.97. The Morgan fingerprint density at radius 1 is 1.06 bits per heavy atom. The Labute approximate surface area is 208 Å². The number of hydrogen-bond acceptors (Lipinski definition) is 7. The van der Waals surface area contributed by atoms with Crippen molar-refractivity contribution in [1.29, 1.82) is 0 Å². The van der Waals surface area contributed by atoms with Crippen molar-refractivity contribution in [2.75, 3.05) is 6.61 Å². The molecule has 0 aromatic heterocycles. The van der Waals surface area contributed by atoms with E-state index < -0.39 is 16.3 Å². The van der Waals surface area contributed by atoms with Crippen LogP contribution in [0.4, 0.5) is 0 Å². The van der Waals surface area contributed by atoms with Gasteiger partial charge >= 0.3 is 10.1 Å². The molecule has 182 valence electrons. The van der Waals surface area contributed by atoms with E-state index in [-0.39, 0.29) is 34.8 Å². The molecule has 3 aromatic rings. The largest absolute Gasteiger partial charge is 0.490 e. The highest BCUT2D eigenvalue weighted by molar-refractivity contribution is 7.87. The van der Waals surface area contributed by atoms with Crippen LogP contribution >= 0.6 is 11.6 Å². The first-order valence-corrected chi connectivity index (χ1v) is 12.6. The number of carbonyl (C=O) groups is 1. The van der Waals surface area contributed by atoms with Crippen molar-refractivity contribution in [3.8, 4) is 11.5 Å². The molecular formula is C25H23ClN2O6S. The summed E-state index contributed by atoms with van der Waals surface area (Å²) in [5.74, 6) is 0.122. The quantitative estimate of drug-likeness (QED) is 0.409. The van der Waals surface area contributed by atoms with Gasteiger partial charge in [0, 0.05) is 23.1 Å². The normalized spacial score (nSPS) is 15.4. The van der Waals surface area contributed by atoms with Crippen LogP contribution in [0, 0.1) is 6.92 Å². The van der Waals surface area contributed by atoms with E-state index >= 15 is 0 Å². The second-order valence-corrected chi connectivity index (χ2v) is 9.72. The van der Waals surface area contributed by atoms with Crippen LogP contribution in [0.5, 0.6) is 11.5 Å². The van der Waals surface area contributed by atoms with Gasteiger partial charge in [0.1, 0.15) is 4.90 Å². The lowest BCUT2D eigenvalue weighted by Gasteiger charge is -2.21. The summed E-state index contributed by atoms with van der Waals surface area (Å²) in [6, 6.07) is 17.8. The number of nitrogens with zero attached hydrogens (tertiary/aromatic N) is 2. The average Bonchev–Trinajstić information content (AvgIpc) is 3.27. The molecule has 0 N–H and O–H groups in total. The van der Waals surface area contributed by atoms with Gasteiger partial charge in [0.05, 0.1) is 6.61 Å². The molecule has 1 unspecified atom stereocenters. The Morgan fingerprint density at radius 2 is 1.74 bits per heavy atom. The van der Waals surface area contributed by atoms with E-state index in [4.69, 9.17) is 25.3 Å². The van der Waals surface area contributed by atoms with E-state index in [0.29, 0.717) is 16.1 Å². The summed E-state index contributed by atoms with van der Waals surface area (Å²) >= 11 is 5.96. The van der Waals surface area contributed by atoms with Gasteiger partial charge in [-0.25, -0.2) is 0 Å². The number of ether oxygens (including phenoxy) is 2. The second-order valence-electron chi connectivity index (χ2n) is 7.74. The highest BCUT2D eigenvalue weighted by atomic mass is 35.5. The monoisotopic (exact) mass is 514 g/mol. The van der Waals surface area contributed by atoms with Gasteiger partial charge in [-0.1, -0.05) is 29.3 Å². The Hall–Kier alpha value is -3.56. The summed E-state index contributed by atoms with van der Waals surface area (Å²) in [6.07, 6.45) is -0.875. The number of hydrogen-bond donors (Lipinski definition) is 0. The third-order valence-corrected chi connectivity index (χ3v) is 6.62. The van der Waals surface area contributed by atoms with Crippen LogP contribution in [0.1, 0.15) is 36.8 Å². The maximum atomic E-state index is 12.8. The number of rotatable bonds is 7. The lowest BCUT2D eigenvalue weighted by molar-refractivity contribution is -0.135. The zero-order chi connectivity index (χ0) is 25.2. The molecule has 1 atom stereocenters. The number of hydrazone groups is 1. The fraction of sp³-hybridized carbons (Fsp3) is 0.200. The van der Waals surface area contributed by atoms with Crippen molar-refractivity contribution in [3.63, 3.8) is 0 Å². The molecule has 0 saturated heterocycles. The minimum Gasteiger partial charge on any atom is -0.490 e. The lowest BCUT2D eigenvalue weighted by Crippen LogP contribution is -2.25. The molecule has 0 radical (unpaired) electrons. The van der Waals surface area contributed by atoms with Gasteiger partial charge in [0.25, 0.3) is 0 Å². The molecule has 1 heterocycles. The summed E-state index contributed by atoms with van der Waals surface area (Å²) in [4.78, 5) is 12.3. The van der Waals surface area contributed by atoms with Gasteiger partial charge in [-0.15, -0.1) is 5.10 Å². The molecular weight excluding hydrogens is 492 g/mol. The zero-order valence-electron chi connectivity index (χ0n) is 19.3. The van der Waals surface area contributed by atoms with Crippen LogP contribution in [0.2, 0.25) is 5.02 Å². The fourth-order valence-corrected chi connectivity index (χ4v) is 4.44. The SMILES string of the molecule is CCOc1cc(C2OC(c3ccc(Cl)cc3)=NN2C(C)=O)ccc1OS(=O)(=O)c1ccc(C)cc1. The number of amides is 1. The van der Waals surface area contributed by atoms with Crippen LogP contribution in [0.15, 0.2) is 76.7 Å². The predicted octanol–water partition coefficient (Wildman–Crippen LogP) is 5.05. The van der Waals surface area contributed by atoms with Crippen molar-refractivity contribution in [2.24, 2.45) is 5.10 Å². The first kappa shape index (κ1) is 24.6. The maximum Gasteiger partial charge on any atom is 0.339 e. The van der Waals surface area contributed by atoms with E-state index in [1.165, 1.54) is 30.1 Å². The molecule has 0 bridgehead atoms. The van der Waals surface area contributed by atoms with Gasteiger partial charge in [-0.05, 0) is 68.4 Å². The molecule has 0 aliphatic carbocycles. The molecule has 8 nitrogen and oxygen atoms in total. The first-order valence-electron chi connectivity index (χ1n) is 10.8. The Kier molecular flexibility index (Phi) is 7.00. The topological polar surface area (TPSA) is 94.5 Å². The van der Waals surface area contributed by atoms with Crippen molar-refractivity contribution in [2.45, 2.75) is 31.9 Å². The highest BCUT2D eigenvalue weighted by Crippen LogP contribution is 2.37. The van der Waals surface area contributed by atoms with Gasteiger partial charge in [0.2, 0.25) is 18.0 Å². The Bertz CT molecular complexity index is 1370. The third kappa shape index (κ3) is 5.41. The zero-order valence-corrected chi connectivity index (χ0v) is 20.8. The van der Waals surface area contributed by atoms with Gasteiger partial charge in [-0.3, -0.25) is 4.79 Å². The van der Waals surface area contributed by atoms with Crippen LogP contribution in [0.3, 0.4) is 0 Å². The van der Waals surface area contributed by atoms with E-state index in [2.05, 4.69) is 5.10 Å². The lowest BCUT2D eigenvalue weighted by atomic mass is 10.1. The molecule has 1 amide bonds. The van der Waals surface area contributed by atoms with Crippen molar-refractivity contribution in [3.05, 3.63) is 88.4 Å². The molecule has 4 rings (SSSR count).